The maximum Gasteiger partial charge on any atom is 0.416 e. The second-order valence-corrected chi connectivity index (χ2v) is 15.7. The zero-order chi connectivity index (χ0) is 34.4. The molecule has 2 saturated carbocycles. The van der Waals surface area contributed by atoms with E-state index in [-0.39, 0.29) is 45.9 Å². The number of aromatic amines is 1. The Morgan fingerprint density at radius 3 is 2.49 bits per heavy atom. The summed E-state index contributed by atoms with van der Waals surface area (Å²) in [7, 11) is 0. The van der Waals surface area contributed by atoms with Gasteiger partial charge in [-0.3, -0.25) is 24.1 Å². The number of carbonyl (C=O) groups excluding carboxylic acids is 3. The van der Waals surface area contributed by atoms with Gasteiger partial charge in [0, 0.05) is 31.8 Å². The summed E-state index contributed by atoms with van der Waals surface area (Å²) in [5, 5.41) is 12.8. The number of nitrogens with zero attached hydrogens (tertiary/aromatic N) is 1. The van der Waals surface area contributed by atoms with Crippen LogP contribution in [0.1, 0.15) is 28.3 Å². The Bertz CT molecular complexity index is 2090. The first-order valence-corrected chi connectivity index (χ1v) is 17.8. The van der Waals surface area contributed by atoms with E-state index >= 15 is 0 Å². The van der Waals surface area contributed by atoms with Crippen LogP contribution in [0, 0.1) is 29.6 Å². The molecule has 9 nitrogen and oxygen atoms in total. The lowest BCUT2D eigenvalue weighted by Gasteiger charge is -2.43. The van der Waals surface area contributed by atoms with Crippen molar-refractivity contribution in [3.05, 3.63) is 96.9 Å². The van der Waals surface area contributed by atoms with Crippen LogP contribution in [0.3, 0.4) is 0 Å². The molecule has 4 aromatic rings. The molecule has 252 valence electrons. The van der Waals surface area contributed by atoms with E-state index in [0.717, 1.165) is 37.7 Å². The standard InChI is InChI=1S/C34H25BrF3N3O6S2/c35-15-4-9-22(47-13-23(43)39-16-5-7-18(42)8-6-16)19(11-15)24-25-20-12-21(28(25)48-30-29(24)49-33(46)40-30)27-26(20)31(44)41(32(27)45)17-3-1-2-14(10-17)34(36,37)38/h1-11,20-21,24-28,42H,12-13H2,(H,39,43)(H,40,46)/t20?,21?,24-,25?,26?,27?,28?/m1/s1. The van der Waals surface area contributed by atoms with Crippen molar-refractivity contribution in [2.24, 2.45) is 29.6 Å². The number of benzene rings is 3. The number of aromatic hydroxyl groups is 1. The number of thioether (sulfide) groups is 1. The van der Waals surface area contributed by atoms with Crippen molar-refractivity contribution in [1.29, 1.82) is 0 Å². The van der Waals surface area contributed by atoms with Crippen molar-refractivity contribution in [2.45, 2.75) is 28.8 Å². The van der Waals surface area contributed by atoms with Crippen molar-refractivity contribution < 1.29 is 37.4 Å². The molecule has 1 aromatic heterocycles. The Hall–Kier alpha value is -4.08. The number of halogens is 4. The molecule has 2 aliphatic carbocycles. The van der Waals surface area contributed by atoms with Crippen molar-refractivity contribution in [1.82, 2.24) is 4.98 Å². The number of hydrogen-bond acceptors (Lipinski definition) is 8. The van der Waals surface area contributed by atoms with Crippen LogP contribution in [0.25, 0.3) is 0 Å². The Morgan fingerprint density at radius 1 is 1.02 bits per heavy atom. The predicted octanol–water partition coefficient (Wildman–Crippen LogP) is 6.62. The lowest BCUT2D eigenvalue weighted by atomic mass is 9.68. The second kappa shape index (κ2) is 11.8. The lowest BCUT2D eigenvalue weighted by Crippen LogP contribution is -2.42. The average molecular weight is 773 g/mol. The molecular formula is C34H25BrF3N3O6S2. The van der Waals surface area contributed by atoms with Crippen LogP contribution in [-0.4, -0.2) is 39.7 Å². The largest absolute Gasteiger partial charge is 0.508 e. The van der Waals surface area contributed by atoms with Crippen LogP contribution < -0.4 is 19.8 Å². The number of alkyl halides is 3. The Morgan fingerprint density at radius 2 is 1.76 bits per heavy atom. The van der Waals surface area contributed by atoms with Crippen LogP contribution in [0.4, 0.5) is 24.5 Å². The maximum absolute atomic E-state index is 14.1. The van der Waals surface area contributed by atoms with Crippen molar-refractivity contribution in [3.8, 4) is 11.5 Å². The summed E-state index contributed by atoms with van der Waals surface area (Å²) in [5.74, 6) is -3.55. The fourth-order valence-corrected chi connectivity index (χ4v) is 11.5. The molecule has 2 bridgehead atoms. The lowest BCUT2D eigenvalue weighted by molar-refractivity contribution is -0.137. The first-order valence-electron chi connectivity index (χ1n) is 15.3. The van der Waals surface area contributed by atoms with Gasteiger partial charge in [0.25, 0.3) is 5.91 Å². The minimum Gasteiger partial charge on any atom is -0.508 e. The van der Waals surface area contributed by atoms with Crippen molar-refractivity contribution >= 4 is 68.1 Å². The molecule has 15 heteroatoms. The van der Waals surface area contributed by atoms with Crippen LogP contribution in [0.2, 0.25) is 0 Å². The second-order valence-electron chi connectivity index (χ2n) is 12.6. The molecular weight excluding hydrogens is 747 g/mol. The van der Waals surface area contributed by atoms with E-state index in [2.05, 4.69) is 26.2 Å². The number of nitrogens with one attached hydrogen (secondary N) is 2. The molecule has 4 aliphatic rings. The highest BCUT2D eigenvalue weighted by Crippen LogP contribution is 2.69. The molecule has 1 saturated heterocycles. The van der Waals surface area contributed by atoms with Crippen LogP contribution in [-0.2, 0) is 20.6 Å². The smallest absolute Gasteiger partial charge is 0.416 e. The van der Waals surface area contributed by atoms with Gasteiger partial charge in [-0.2, -0.15) is 13.2 Å². The molecule has 8 rings (SSSR count). The van der Waals surface area contributed by atoms with Crippen molar-refractivity contribution in [2.75, 3.05) is 16.8 Å². The molecule has 0 spiro atoms. The van der Waals surface area contributed by atoms with E-state index in [1.54, 1.807) is 24.3 Å². The van der Waals surface area contributed by atoms with Gasteiger partial charge in [-0.25, -0.2) is 0 Å². The fraction of sp³-hybridized carbons (Fsp3) is 0.294. The summed E-state index contributed by atoms with van der Waals surface area (Å²) in [5.41, 5.74) is 0.141. The number of aromatic nitrogens is 1. The third-order valence-electron chi connectivity index (χ3n) is 9.97. The number of imide groups is 1. The van der Waals surface area contributed by atoms with Gasteiger partial charge in [0.05, 0.1) is 28.1 Å². The third-order valence-corrected chi connectivity index (χ3v) is 13.1. The average Bonchev–Trinajstić information content (AvgIpc) is 3.80. The molecule has 0 radical (unpaired) electrons. The fourth-order valence-electron chi connectivity index (χ4n) is 8.22. The highest BCUT2D eigenvalue weighted by atomic mass is 79.9. The quantitative estimate of drug-likeness (QED) is 0.149. The number of phenolic OH excluding ortho intramolecular Hbond substituents is 1. The predicted molar refractivity (Wildman–Crippen MR) is 179 cm³/mol. The van der Waals surface area contributed by atoms with Gasteiger partial charge in [-0.1, -0.05) is 33.3 Å². The minimum absolute atomic E-state index is 0.0584. The van der Waals surface area contributed by atoms with Gasteiger partial charge in [0.2, 0.25) is 11.8 Å². The third kappa shape index (κ3) is 5.37. The molecule has 3 aromatic carbocycles. The van der Waals surface area contributed by atoms with E-state index in [4.69, 9.17) is 4.74 Å². The van der Waals surface area contributed by atoms with Gasteiger partial charge < -0.3 is 20.1 Å². The summed E-state index contributed by atoms with van der Waals surface area (Å²) >= 11 is 6.11. The normalized spacial score (nSPS) is 26.8. The maximum atomic E-state index is 14.1. The molecule has 3 N–H and O–H groups in total. The number of H-pyrrole nitrogens is 1. The zero-order valence-corrected chi connectivity index (χ0v) is 28.3. The molecule has 3 heterocycles. The Labute approximate surface area is 293 Å². The van der Waals surface area contributed by atoms with E-state index in [0.29, 0.717) is 28.4 Å². The first-order chi connectivity index (χ1) is 23.4. The summed E-state index contributed by atoms with van der Waals surface area (Å²) in [6.07, 6.45) is -4.06. The van der Waals surface area contributed by atoms with Crippen LogP contribution in [0.15, 0.2) is 81.0 Å². The van der Waals surface area contributed by atoms with Crippen LogP contribution >= 0.6 is 39.0 Å². The number of carbonyl (C=O) groups is 3. The van der Waals surface area contributed by atoms with E-state index in [9.17, 15) is 37.5 Å². The number of rotatable bonds is 6. The Balaban J connectivity index is 1.13. The van der Waals surface area contributed by atoms with Gasteiger partial charge >= 0.3 is 11.0 Å². The molecule has 2 aliphatic heterocycles. The zero-order valence-electron chi connectivity index (χ0n) is 25.1. The first kappa shape index (κ1) is 32.1. The van der Waals surface area contributed by atoms with E-state index < -0.39 is 47.2 Å². The summed E-state index contributed by atoms with van der Waals surface area (Å²) in [6, 6.07) is 15.7. The molecule has 3 amide bonds. The van der Waals surface area contributed by atoms with E-state index in [1.165, 1.54) is 36.0 Å². The number of anilines is 2. The number of thiazole rings is 1. The Kier molecular flexibility index (Phi) is 7.72. The SMILES string of the molecule is O=C(COc1ccc(Br)cc1[C@H]1c2sc(=O)[nH]c2SC2C3CC(C4C(=O)N(c5cccc(C(F)(F)F)c5)C(=O)C34)C21)Nc1ccc(O)cc1. The van der Waals surface area contributed by atoms with E-state index in [1.807, 2.05) is 6.07 Å². The summed E-state index contributed by atoms with van der Waals surface area (Å²) in [4.78, 5) is 57.9. The van der Waals surface area contributed by atoms with Gasteiger partial charge in [-0.05, 0) is 84.8 Å². The molecule has 49 heavy (non-hydrogen) atoms. The number of phenols is 1. The molecule has 6 unspecified atom stereocenters. The topological polar surface area (TPSA) is 129 Å². The molecule has 3 fully saturated rings. The number of fused-ring (bicyclic) bond motifs is 9. The van der Waals surface area contributed by atoms with Gasteiger partial charge in [-0.15, -0.1) is 11.8 Å². The van der Waals surface area contributed by atoms with Gasteiger partial charge in [0.1, 0.15) is 11.5 Å². The monoisotopic (exact) mass is 771 g/mol. The summed E-state index contributed by atoms with van der Waals surface area (Å²) in [6.45, 7) is -0.336. The highest BCUT2D eigenvalue weighted by Gasteiger charge is 2.70. The number of amides is 3. The summed E-state index contributed by atoms with van der Waals surface area (Å²) < 4.78 is 47.5. The number of ether oxygens (including phenoxy) is 1. The minimum atomic E-state index is -4.64. The van der Waals surface area contributed by atoms with Crippen molar-refractivity contribution in [3.63, 3.8) is 0 Å². The van der Waals surface area contributed by atoms with Crippen LogP contribution in [0.5, 0.6) is 11.5 Å². The highest BCUT2D eigenvalue weighted by molar-refractivity contribution is 9.10. The molecule has 7 atom stereocenters. The number of hydrogen-bond donors (Lipinski definition) is 3. The van der Waals surface area contributed by atoms with Gasteiger partial charge in [0.15, 0.2) is 6.61 Å².